The first-order valence-corrected chi connectivity index (χ1v) is 4.12. The minimum atomic E-state index is -0.753. The minimum absolute atomic E-state index is 0.0324. The molecule has 1 rings (SSSR count). The Labute approximate surface area is 66.4 Å². The number of ether oxygens (including phenoxy) is 1. The van der Waals surface area contributed by atoms with Gasteiger partial charge in [0.1, 0.15) is 0 Å². The van der Waals surface area contributed by atoms with E-state index in [1.807, 2.05) is 0 Å². The Morgan fingerprint density at radius 3 is 3.00 bits per heavy atom. The van der Waals surface area contributed by atoms with Crippen LogP contribution in [0.5, 0.6) is 0 Å². The lowest BCUT2D eigenvalue weighted by Crippen LogP contribution is -2.16. The van der Waals surface area contributed by atoms with Crippen LogP contribution in [0.4, 0.5) is 0 Å². The van der Waals surface area contributed by atoms with Gasteiger partial charge >= 0.3 is 5.97 Å². The van der Waals surface area contributed by atoms with E-state index in [0.717, 1.165) is 25.9 Å². The molecule has 11 heavy (non-hydrogen) atoms. The van der Waals surface area contributed by atoms with Gasteiger partial charge in [-0.15, -0.1) is 0 Å². The molecule has 1 heterocycles. The summed E-state index contributed by atoms with van der Waals surface area (Å²) in [7, 11) is 0. The highest BCUT2D eigenvalue weighted by Crippen LogP contribution is 2.15. The van der Waals surface area contributed by atoms with Gasteiger partial charge in [-0.3, -0.25) is 4.79 Å². The number of carboxylic acid groups (broad SMARTS) is 1. The first kappa shape index (κ1) is 8.53. The van der Waals surface area contributed by atoms with Gasteiger partial charge in [0.2, 0.25) is 0 Å². The topological polar surface area (TPSA) is 46.5 Å². The van der Waals surface area contributed by atoms with E-state index >= 15 is 0 Å². The number of rotatable bonds is 2. The zero-order chi connectivity index (χ0) is 8.10. The molecule has 0 amide bonds. The lowest BCUT2D eigenvalue weighted by Gasteiger charge is -2.10. The van der Waals surface area contributed by atoms with Crippen molar-refractivity contribution in [3.8, 4) is 0 Å². The van der Waals surface area contributed by atoms with Crippen LogP contribution in [0.25, 0.3) is 0 Å². The predicted octanol–water partition coefficient (Wildman–Crippen LogP) is 1.42. The summed E-state index contributed by atoms with van der Waals surface area (Å²) in [5, 5.41) is 8.48. The quantitative estimate of drug-likeness (QED) is 0.661. The summed E-state index contributed by atoms with van der Waals surface area (Å²) < 4.78 is 5.33. The summed E-state index contributed by atoms with van der Waals surface area (Å²) in [5.74, 6) is -0.753. The van der Waals surface area contributed by atoms with Crippen molar-refractivity contribution in [2.75, 3.05) is 6.61 Å². The number of hydrogen-bond acceptors (Lipinski definition) is 2. The van der Waals surface area contributed by atoms with Crippen molar-refractivity contribution in [1.82, 2.24) is 0 Å². The molecule has 0 aromatic heterocycles. The molecular formula is C8H14O3. The van der Waals surface area contributed by atoms with E-state index in [-0.39, 0.29) is 12.5 Å². The van der Waals surface area contributed by atoms with Gasteiger partial charge < -0.3 is 9.84 Å². The molecule has 1 N–H and O–H groups in total. The van der Waals surface area contributed by atoms with Crippen LogP contribution in [0, 0.1) is 0 Å². The summed E-state index contributed by atoms with van der Waals surface area (Å²) in [6.07, 6.45) is 4.41. The van der Waals surface area contributed by atoms with E-state index < -0.39 is 5.97 Å². The van der Waals surface area contributed by atoms with Gasteiger partial charge in [0, 0.05) is 6.61 Å². The highest BCUT2D eigenvalue weighted by atomic mass is 16.5. The standard InChI is InChI=1S/C8H14O3/c9-8(10)6-7-4-2-1-3-5-11-7/h7H,1-6H2,(H,9,10). The molecule has 0 aromatic carbocycles. The third kappa shape index (κ3) is 3.37. The summed E-state index contributed by atoms with van der Waals surface area (Å²) in [5.41, 5.74) is 0. The molecule has 0 radical (unpaired) electrons. The van der Waals surface area contributed by atoms with Crippen LogP contribution in [0.1, 0.15) is 32.1 Å². The lowest BCUT2D eigenvalue weighted by molar-refractivity contribution is -0.140. The van der Waals surface area contributed by atoms with Crippen LogP contribution in [-0.2, 0) is 9.53 Å². The Bertz CT molecular complexity index is 125. The molecule has 1 saturated heterocycles. The normalized spacial score (nSPS) is 26.0. The van der Waals surface area contributed by atoms with Crippen molar-refractivity contribution >= 4 is 5.97 Å². The van der Waals surface area contributed by atoms with Gasteiger partial charge in [-0.2, -0.15) is 0 Å². The maximum atomic E-state index is 10.3. The molecule has 1 aliphatic rings. The zero-order valence-electron chi connectivity index (χ0n) is 6.58. The van der Waals surface area contributed by atoms with Crippen molar-refractivity contribution < 1.29 is 14.6 Å². The van der Waals surface area contributed by atoms with Crippen LogP contribution in [0.2, 0.25) is 0 Å². The van der Waals surface area contributed by atoms with E-state index in [1.165, 1.54) is 6.42 Å². The monoisotopic (exact) mass is 158 g/mol. The maximum absolute atomic E-state index is 10.3. The third-order valence-corrected chi connectivity index (χ3v) is 1.93. The van der Waals surface area contributed by atoms with Crippen LogP contribution in [0.3, 0.4) is 0 Å². The van der Waals surface area contributed by atoms with E-state index in [9.17, 15) is 4.79 Å². The van der Waals surface area contributed by atoms with E-state index in [1.54, 1.807) is 0 Å². The number of carboxylic acids is 1. The van der Waals surface area contributed by atoms with Gasteiger partial charge in [-0.25, -0.2) is 0 Å². The number of aliphatic carboxylic acids is 1. The van der Waals surface area contributed by atoms with Crippen LogP contribution in [0.15, 0.2) is 0 Å². The number of carbonyl (C=O) groups is 1. The summed E-state index contributed by atoms with van der Waals surface area (Å²) in [6.45, 7) is 0.734. The van der Waals surface area contributed by atoms with Crippen molar-refractivity contribution in [3.63, 3.8) is 0 Å². The molecule has 1 fully saturated rings. The summed E-state index contributed by atoms with van der Waals surface area (Å²) >= 11 is 0. The summed E-state index contributed by atoms with van der Waals surface area (Å²) in [6, 6.07) is 0. The number of hydrogen-bond donors (Lipinski definition) is 1. The molecular weight excluding hydrogens is 144 g/mol. The first-order chi connectivity index (χ1) is 5.29. The fourth-order valence-electron chi connectivity index (χ4n) is 1.34. The Balaban J connectivity index is 2.25. The summed E-state index contributed by atoms with van der Waals surface area (Å²) in [4.78, 5) is 10.3. The molecule has 0 spiro atoms. The van der Waals surface area contributed by atoms with Crippen LogP contribution < -0.4 is 0 Å². The molecule has 1 unspecified atom stereocenters. The second-order valence-corrected chi connectivity index (χ2v) is 2.94. The fourth-order valence-corrected chi connectivity index (χ4v) is 1.34. The molecule has 0 aromatic rings. The Hall–Kier alpha value is -0.570. The predicted molar refractivity (Wildman–Crippen MR) is 40.5 cm³/mol. The molecule has 0 aliphatic carbocycles. The van der Waals surface area contributed by atoms with Crippen LogP contribution >= 0.6 is 0 Å². The zero-order valence-corrected chi connectivity index (χ0v) is 6.58. The van der Waals surface area contributed by atoms with E-state index in [2.05, 4.69) is 0 Å². The smallest absolute Gasteiger partial charge is 0.305 e. The van der Waals surface area contributed by atoms with Gasteiger partial charge in [0.05, 0.1) is 12.5 Å². The molecule has 0 saturated carbocycles. The molecule has 3 heteroatoms. The van der Waals surface area contributed by atoms with Crippen LogP contribution in [-0.4, -0.2) is 23.8 Å². The molecule has 1 aliphatic heterocycles. The third-order valence-electron chi connectivity index (χ3n) is 1.93. The lowest BCUT2D eigenvalue weighted by atomic mass is 10.1. The van der Waals surface area contributed by atoms with Gasteiger partial charge in [0.15, 0.2) is 0 Å². The average molecular weight is 158 g/mol. The highest BCUT2D eigenvalue weighted by molar-refractivity contribution is 5.67. The average Bonchev–Trinajstić information content (AvgIpc) is 2.14. The second-order valence-electron chi connectivity index (χ2n) is 2.94. The second kappa shape index (κ2) is 4.34. The minimum Gasteiger partial charge on any atom is -0.481 e. The first-order valence-electron chi connectivity index (χ1n) is 4.12. The molecule has 0 bridgehead atoms. The van der Waals surface area contributed by atoms with E-state index in [0.29, 0.717) is 0 Å². The highest BCUT2D eigenvalue weighted by Gasteiger charge is 2.15. The molecule has 64 valence electrons. The van der Waals surface area contributed by atoms with Gasteiger partial charge in [-0.05, 0) is 12.8 Å². The molecule has 3 nitrogen and oxygen atoms in total. The van der Waals surface area contributed by atoms with Crippen molar-refractivity contribution in [2.45, 2.75) is 38.2 Å². The largest absolute Gasteiger partial charge is 0.481 e. The van der Waals surface area contributed by atoms with Crippen molar-refractivity contribution in [1.29, 1.82) is 0 Å². The SMILES string of the molecule is O=C(O)CC1CCCCCO1. The van der Waals surface area contributed by atoms with Gasteiger partial charge in [0.25, 0.3) is 0 Å². The van der Waals surface area contributed by atoms with Crippen molar-refractivity contribution in [2.24, 2.45) is 0 Å². The van der Waals surface area contributed by atoms with Crippen molar-refractivity contribution in [3.05, 3.63) is 0 Å². The van der Waals surface area contributed by atoms with E-state index in [4.69, 9.17) is 9.84 Å². The Kier molecular flexibility index (Phi) is 3.36. The van der Waals surface area contributed by atoms with Gasteiger partial charge in [-0.1, -0.05) is 12.8 Å². The maximum Gasteiger partial charge on any atom is 0.305 e. The molecule has 1 atom stereocenters. The fraction of sp³-hybridized carbons (Fsp3) is 0.875. The Morgan fingerprint density at radius 1 is 1.45 bits per heavy atom. The Morgan fingerprint density at radius 2 is 2.27 bits per heavy atom.